The number of sulfone groups is 1. The van der Waals surface area contributed by atoms with Crippen LogP contribution in [0.25, 0.3) is 0 Å². The first kappa shape index (κ1) is 20.5. The van der Waals surface area contributed by atoms with Gasteiger partial charge in [0.05, 0.1) is 9.79 Å². The van der Waals surface area contributed by atoms with Gasteiger partial charge in [0.25, 0.3) is 0 Å². The van der Waals surface area contributed by atoms with Gasteiger partial charge in [-0.3, -0.25) is 0 Å². The third-order valence-corrected chi connectivity index (χ3v) is 4.28. The summed E-state index contributed by atoms with van der Waals surface area (Å²) in [6, 6.07) is 10.5. The number of hydrogen-bond acceptors (Lipinski definition) is 6. The predicted molar refractivity (Wildman–Crippen MR) is 75.3 cm³/mol. The van der Waals surface area contributed by atoms with Crippen LogP contribution in [-0.4, -0.2) is 21.5 Å². The van der Waals surface area contributed by atoms with Crippen LogP contribution in [0.4, 0.5) is 0 Å². The number of para-hydroxylation sites is 2. The molecular formula is C14H16N2O4SZn. The van der Waals surface area contributed by atoms with Crippen LogP contribution < -0.4 is 21.7 Å². The summed E-state index contributed by atoms with van der Waals surface area (Å²) in [4.78, 5) is -0.744. The first-order valence-electron chi connectivity index (χ1n) is 6.12. The van der Waals surface area contributed by atoms with Gasteiger partial charge in [0.15, 0.2) is 0 Å². The Morgan fingerprint density at radius 2 is 1.09 bits per heavy atom. The van der Waals surface area contributed by atoms with Gasteiger partial charge in [-0.2, -0.15) is 0 Å². The fraction of sp³-hybridized carbons (Fsp3) is 0.143. The predicted octanol–water partition coefficient (Wildman–Crippen LogP) is -0.432. The van der Waals surface area contributed by atoms with Crippen LogP contribution >= 0.6 is 0 Å². The first-order valence-corrected chi connectivity index (χ1v) is 7.60. The monoisotopic (exact) mass is 372 g/mol. The van der Waals surface area contributed by atoms with E-state index in [2.05, 4.69) is 0 Å². The van der Waals surface area contributed by atoms with Crippen molar-refractivity contribution < 1.29 is 38.1 Å². The van der Waals surface area contributed by atoms with Crippen molar-refractivity contribution in [3.8, 4) is 11.5 Å². The number of benzene rings is 2. The molecule has 0 saturated heterocycles. The SMILES string of the molecule is NCCN.O=S(=O)(c1ccccc1[O-])c1ccccc1[O-].[Zn+2]. The Hall–Kier alpha value is -1.47. The summed E-state index contributed by atoms with van der Waals surface area (Å²) in [5.41, 5.74) is 9.81. The van der Waals surface area contributed by atoms with Crippen molar-refractivity contribution in [2.75, 3.05) is 13.1 Å². The van der Waals surface area contributed by atoms with E-state index >= 15 is 0 Å². The van der Waals surface area contributed by atoms with Gasteiger partial charge >= 0.3 is 19.5 Å². The van der Waals surface area contributed by atoms with Gasteiger partial charge in [-0.25, -0.2) is 8.42 Å². The minimum Gasteiger partial charge on any atom is -0.872 e. The quantitative estimate of drug-likeness (QED) is 0.701. The van der Waals surface area contributed by atoms with Crippen molar-refractivity contribution in [2.45, 2.75) is 9.79 Å². The van der Waals surface area contributed by atoms with Crippen molar-refractivity contribution in [2.24, 2.45) is 11.5 Å². The summed E-state index contributed by atoms with van der Waals surface area (Å²) >= 11 is 0. The molecule has 114 valence electrons. The second-order valence-electron chi connectivity index (χ2n) is 3.97. The maximum absolute atomic E-state index is 12.1. The Kier molecular flexibility index (Phi) is 8.89. The van der Waals surface area contributed by atoms with Gasteiger partial charge in [-0.1, -0.05) is 47.9 Å². The van der Waals surface area contributed by atoms with Crippen LogP contribution in [0.5, 0.6) is 11.5 Å². The van der Waals surface area contributed by atoms with Gasteiger partial charge in [0.2, 0.25) is 9.84 Å². The molecule has 2 rings (SSSR count). The minimum atomic E-state index is -4.03. The van der Waals surface area contributed by atoms with Gasteiger partial charge in [-0.15, -0.1) is 0 Å². The Balaban J connectivity index is 0.000000791. The Morgan fingerprint density at radius 3 is 1.36 bits per heavy atom. The summed E-state index contributed by atoms with van der Waals surface area (Å²) in [6.07, 6.45) is 0. The number of rotatable bonds is 3. The average Bonchev–Trinajstić information content (AvgIpc) is 2.48. The molecule has 22 heavy (non-hydrogen) atoms. The average molecular weight is 374 g/mol. The fourth-order valence-electron chi connectivity index (χ4n) is 1.46. The van der Waals surface area contributed by atoms with E-state index in [4.69, 9.17) is 11.5 Å². The zero-order valence-corrected chi connectivity index (χ0v) is 15.7. The smallest absolute Gasteiger partial charge is 0.872 e. The molecule has 0 amide bonds. The van der Waals surface area contributed by atoms with E-state index in [0.717, 1.165) is 12.1 Å². The van der Waals surface area contributed by atoms with Crippen molar-refractivity contribution in [3.05, 3.63) is 48.5 Å². The molecule has 8 heteroatoms. The van der Waals surface area contributed by atoms with E-state index in [0.29, 0.717) is 13.1 Å². The van der Waals surface area contributed by atoms with Crippen molar-refractivity contribution >= 4 is 9.84 Å². The third kappa shape index (κ3) is 5.07. The number of hydrogen-bond donors (Lipinski definition) is 2. The van der Waals surface area contributed by atoms with Gasteiger partial charge in [-0.05, 0) is 12.1 Å². The maximum Gasteiger partial charge on any atom is 2.00 e. The van der Waals surface area contributed by atoms with Crippen LogP contribution in [0.3, 0.4) is 0 Å². The van der Waals surface area contributed by atoms with E-state index in [1.54, 1.807) is 0 Å². The summed E-state index contributed by atoms with van der Waals surface area (Å²) in [5.74, 6) is -1.23. The summed E-state index contributed by atoms with van der Waals surface area (Å²) in [6.45, 7) is 1.19. The molecule has 0 bridgehead atoms. The van der Waals surface area contributed by atoms with E-state index in [9.17, 15) is 18.6 Å². The molecule has 0 spiro atoms. The summed E-state index contributed by atoms with van der Waals surface area (Å²) in [7, 11) is -4.03. The van der Waals surface area contributed by atoms with Gasteiger partial charge in [0.1, 0.15) is 0 Å². The molecule has 0 unspecified atom stereocenters. The molecule has 0 aliphatic carbocycles. The maximum atomic E-state index is 12.1. The summed E-state index contributed by atoms with van der Waals surface area (Å²) < 4.78 is 24.2. The van der Waals surface area contributed by atoms with Gasteiger partial charge < -0.3 is 21.7 Å². The van der Waals surface area contributed by atoms with Crippen LogP contribution in [0, 0.1) is 0 Å². The Bertz CT molecular complexity index is 639. The van der Waals surface area contributed by atoms with Gasteiger partial charge in [0, 0.05) is 13.1 Å². The molecule has 0 radical (unpaired) electrons. The molecule has 4 N–H and O–H groups in total. The van der Waals surface area contributed by atoms with Crippen LogP contribution in [0.1, 0.15) is 0 Å². The zero-order chi connectivity index (χ0) is 15.9. The molecule has 2 aromatic carbocycles. The Labute approximate surface area is 142 Å². The standard InChI is InChI=1S/C12H10O4S.C2H8N2.Zn/c13-9-5-1-3-7-11(9)17(15,16)12-8-4-2-6-10(12)14;3-1-2-4;/h1-8,13-14H;1-4H2;/q;;+2/p-2. The second-order valence-corrected chi connectivity index (χ2v) is 5.86. The number of nitrogens with two attached hydrogens (primary N) is 2. The fourth-order valence-corrected chi connectivity index (χ4v) is 2.88. The van der Waals surface area contributed by atoms with E-state index < -0.39 is 21.3 Å². The first-order chi connectivity index (χ1) is 9.95. The molecule has 0 heterocycles. The molecule has 0 aliphatic heterocycles. The van der Waals surface area contributed by atoms with Crippen molar-refractivity contribution in [3.63, 3.8) is 0 Å². The topological polar surface area (TPSA) is 132 Å². The van der Waals surface area contributed by atoms with Crippen molar-refractivity contribution in [1.82, 2.24) is 0 Å². The molecule has 6 nitrogen and oxygen atoms in total. The molecule has 0 fully saturated rings. The molecule has 2 aromatic rings. The van der Waals surface area contributed by atoms with E-state index in [-0.39, 0.29) is 29.3 Å². The minimum absolute atomic E-state index is 0. The van der Waals surface area contributed by atoms with Crippen molar-refractivity contribution in [1.29, 1.82) is 0 Å². The molecule has 0 saturated carbocycles. The van der Waals surface area contributed by atoms with E-state index in [1.165, 1.54) is 36.4 Å². The van der Waals surface area contributed by atoms with Crippen LogP contribution in [0.2, 0.25) is 0 Å². The zero-order valence-electron chi connectivity index (χ0n) is 11.9. The van der Waals surface area contributed by atoms with Crippen LogP contribution in [0.15, 0.2) is 58.3 Å². The van der Waals surface area contributed by atoms with Crippen LogP contribution in [-0.2, 0) is 29.3 Å². The molecule has 0 atom stereocenters. The summed E-state index contributed by atoms with van der Waals surface area (Å²) in [5, 5.41) is 22.9. The normalized spacial score (nSPS) is 10.1. The van der Waals surface area contributed by atoms with E-state index in [1.807, 2.05) is 0 Å². The molecule has 0 aromatic heterocycles. The molecular weight excluding hydrogens is 358 g/mol. The molecule has 0 aliphatic rings. The second kappa shape index (κ2) is 9.53. The Morgan fingerprint density at radius 1 is 0.773 bits per heavy atom. The largest absolute Gasteiger partial charge is 2.00 e. The third-order valence-electron chi connectivity index (χ3n) is 2.44.